The lowest BCUT2D eigenvalue weighted by Crippen LogP contribution is -2.15. The smallest absolute Gasteiger partial charge is 0.0707 e. The Morgan fingerprint density at radius 1 is 1.19 bits per heavy atom. The minimum atomic E-state index is 0.263. The van der Waals surface area contributed by atoms with Crippen molar-refractivity contribution < 1.29 is 0 Å². The van der Waals surface area contributed by atoms with Gasteiger partial charge in [0.25, 0.3) is 0 Å². The van der Waals surface area contributed by atoms with Gasteiger partial charge >= 0.3 is 0 Å². The maximum atomic E-state index is 5.89. The first-order chi connectivity index (χ1) is 10.1. The first kappa shape index (κ1) is 14.1. The fourth-order valence-electron chi connectivity index (χ4n) is 3.13. The lowest BCUT2D eigenvalue weighted by molar-refractivity contribution is 0.573. The van der Waals surface area contributed by atoms with Crippen LogP contribution in [0.5, 0.6) is 0 Å². The molecule has 1 aromatic carbocycles. The molecule has 3 aromatic rings. The zero-order valence-corrected chi connectivity index (χ0v) is 13.1. The van der Waals surface area contributed by atoms with Crippen LogP contribution in [0.1, 0.15) is 31.0 Å². The second-order valence-electron chi connectivity index (χ2n) is 6.08. The standard InChI is InChI=1S/C18H23N3/c1-12-6-7-15-16-8-9-20-14(3)18(16)21(17(15)11-12)10-4-5-13(2)19/h6-9,11,13H,4-5,10,19H2,1-3H3. The van der Waals surface area contributed by atoms with Crippen molar-refractivity contribution in [3.8, 4) is 0 Å². The van der Waals surface area contributed by atoms with Crippen LogP contribution in [-0.4, -0.2) is 15.6 Å². The van der Waals surface area contributed by atoms with Gasteiger partial charge < -0.3 is 10.3 Å². The van der Waals surface area contributed by atoms with E-state index in [1.807, 2.05) is 6.20 Å². The normalized spacial score (nSPS) is 13.1. The van der Waals surface area contributed by atoms with Gasteiger partial charge in [0.2, 0.25) is 0 Å². The van der Waals surface area contributed by atoms with Gasteiger partial charge in [-0.05, 0) is 51.3 Å². The number of pyridine rings is 1. The number of nitrogens with two attached hydrogens (primary N) is 1. The second kappa shape index (κ2) is 5.49. The Morgan fingerprint density at radius 2 is 2.00 bits per heavy atom. The molecule has 21 heavy (non-hydrogen) atoms. The molecule has 110 valence electrons. The summed E-state index contributed by atoms with van der Waals surface area (Å²) >= 11 is 0. The van der Waals surface area contributed by atoms with Crippen LogP contribution in [-0.2, 0) is 6.54 Å². The van der Waals surface area contributed by atoms with Crippen molar-refractivity contribution in [2.45, 2.75) is 46.2 Å². The Balaban J connectivity index is 2.19. The number of nitrogens with zero attached hydrogens (tertiary/aromatic N) is 2. The summed E-state index contributed by atoms with van der Waals surface area (Å²) in [6.07, 6.45) is 4.05. The molecule has 1 atom stereocenters. The minimum Gasteiger partial charge on any atom is -0.339 e. The fourth-order valence-corrected chi connectivity index (χ4v) is 3.13. The van der Waals surface area contributed by atoms with Gasteiger partial charge in [0.05, 0.1) is 11.2 Å². The van der Waals surface area contributed by atoms with Crippen LogP contribution in [0.25, 0.3) is 21.8 Å². The number of rotatable bonds is 4. The second-order valence-corrected chi connectivity index (χ2v) is 6.08. The van der Waals surface area contributed by atoms with Crippen LogP contribution < -0.4 is 5.73 Å². The molecule has 2 aromatic heterocycles. The number of hydrogen-bond acceptors (Lipinski definition) is 2. The molecule has 0 bridgehead atoms. The van der Waals surface area contributed by atoms with E-state index in [0.717, 1.165) is 25.1 Å². The molecule has 2 heterocycles. The van der Waals surface area contributed by atoms with Crippen LogP contribution in [0.15, 0.2) is 30.5 Å². The Bertz CT molecular complexity index is 784. The molecule has 0 amide bonds. The van der Waals surface area contributed by atoms with Crippen molar-refractivity contribution in [2.24, 2.45) is 5.73 Å². The molecule has 1 unspecified atom stereocenters. The quantitative estimate of drug-likeness (QED) is 0.787. The van der Waals surface area contributed by atoms with Gasteiger partial charge in [0, 0.05) is 35.1 Å². The van der Waals surface area contributed by atoms with Crippen molar-refractivity contribution in [1.29, 1.82) is 0 Å². The minimum absolute atomic E-state index is 0.263. The van der Waals surface area contributed by atoms with Gasteiger partial charge in [-0.3, -0.25) is 4.98 Å². The first-order valence-electron chi connectivity index (χ1n) is 7.67. The lowest BCUT2D eigenvalue weighted by Gasteiger charge is -2.10. The van der Waals surface area contributed by atoms with Crippen LogP contribution >= 0.6 is 0 Å². The van der Waals surface area contributed by atoms with Crippen molar-refractivity contribution >= 4 is 21.8 Å². The molecule has 3 rings (SSSR count). The van der Waals surface area contributed by atoms with E-state index in [4.69, 9.17) is 5.73 Å². The molecule has 0 aliphatic rings. The zero-order chi connectivity index (χ0) is 15.0. The molecule has 2 N–H and O–H groups in total. The van der Waals surface area contributed by atoms with E-state index >= 15 is 0 Å². The molecule has 0 fully saturated rings. The zero-order valence-electron chi connectivity index (χ0n) is 13.1. The van der Waals surface area contributed by atoms with Crippen LogP contribution in [0.4, 0.5) is 0 Å². The Hall–Kier alpha value is -1.87. The van der Waals surface area contributed by atoms with Gasteiger partial charge in [-0.1, -0.05) is 12.1 Å². The molecule has 0 radical (unpaired) electrons. The maximum Gasteiger partial charge on any atom is 0.0707 e. The van der Waals surface area contributed by atoms with Gasteiger partial charge in [0.1, 0.15) is 0 Å². The Morgan fingerprint density at radius 3 is 2.76 bits per heavy atom. The van der Waals surface area contributed by atoms with Crippen LogP contribution in [0, 0.1) is 13.8 Å². The van der Waals surface area contributed by atoms with E-state index < -0.39 is 0 Å². The van der Waals surface area contributed by atoms with Gasteiger partial charge in [-0.15, -0.1) is 0 Å². The number of aromatic nitrogens is 2. The van der Waals surface area contributed by atoms with E-state index in [1.165, 1.54) is 27.4 Å². The summed E-state index contributed by atoms with van der Waals surface area (Å²) in [5, 5.41) is 2.63. The predicted octanol–water partition coefficient (Wildman–Crippen LogP) is 3.93. The van der Waals surface area contributed by atoms with Crippen molar-refractivity contribution in [1.82, 2.24) is 9.55 Å². The van der Waals surface area contributed by atoms with E-state index in [-0.39, 0.29) is 6.04 Å². The third-order valence-electron chi connectivity index (χ3n) is 4.15. The number of benzene rings is 1. The monoisotopic (exact) mass is 281 g/mol. The fraction of sp³-hybridized carbons (Fsp3) is 0.389. The van der Waals surface area contributed by atoms with E-state index in [1.54, 1.807) is 0 Å². The largest absolute Gasteiger partial charge is 0.339 e. The molecule has 3 nitrogen and oxygen atoms in total. The summed E-state index contributed by atoms with van der Waals surface area (Å²) in [6, 6.07) is 9.08. The van der Waals surface area contributed by atoms with E-state index in [9.17, 15) is 0 Å². The molecule has 0 aliphatic heterocycles. The number of hydrogen-bond donors (Lipinski definition) is 1. The number of aryl methyl sites for hydroxylation is 3. The van der Waals surface area contributed by atoms with E-state index in [0.29, 0.717) is 0 Å². The molecule has 3 heteroatoms. The molecular formula is C18H23N3. The van der Waals surface area contributed by atoms with Crippen molar-refractivity contribution in [3.63, 3.8) is 0 Å². The van der Waals surface area contributed by atoms with Gasteiger partial charge in [-0.2, -0.15) is 0 Å². The van der Waals surface area contributed by atoms with Gasteiger partial charge in [-0.25, -0.2) is 0 Å². The van der Waals surface area contributed by atoms with Gasteiger partial charge in [0.15, 0.2) is 0 Å². The molecular weight excluding hydrogens is 258 g/mol. The Labute approximate surface area is 125 Å². The summed E-state index contributed by atoms with van der Waals surface area (Å²) < 4.78 is 2.42. The molecule has 0 saturated heterocycles. The van der Waals surface area contributed by atoms with Crippen molar-refractivity contribution in [3.05, 3.63) is 41.7 Å². The topological polar surface area (TPSA) is 43.8 Å². The third kappa shape index (κ3) is 2.54. The molecule has 0 aliphatic carbocycles. The summed E-state index contributed by atoms with van der Waals surface area (Å²) in [4.78, 5) is 4.48. The SMILES string of the molecule is Cc1ccc2c3ccnc(C)c3n(CCCC(C)N)c2c1. The predicted molar refractivity (Wildman–Crippen MR) is 89.6 cm³/mol. The number of fused-ring (bicyclic) bond motifs is 3. The van der Waals surface area contributed by atoms with Crippen LogP contribution in [0.2, 0.25) is 0 Å². The summed E-state index contributed by atoms with van der Waals surface area (Å²) in [7, 11) is 0. The average molecular weight is 281 g/mol. The maximum absolute atomic E-state index is 5.89. The highest BCUT2D eigenvalue weighted by Crippen LogP contribution is 2.31. The first-order valence-corrected chi connectivity index (χ1v) is 7.67. The third-order valence-corrected chi connectivity index (χ3v) is 4.15. The average Bonchev–Trinajstić information content (AvgIpc) is 2.74. The highest BCUT2D eigenvalue weighted by atomic mass is 15.0. The highest BCUT2D eigenvalue weighted by Gasteiger charge is 2.13. The van der Waals surface area contributed by atoms with Crippen LogP contribution in [0.3, 0.4) is 0 Å². The highest BCUT2D eigenvalue weighted by molar-refractivity contribution is 6.08. The Kier molecular flexibility index (Phi) is 3.68. The summed E-state index contributed by atoms with van der Waals surface area (Å²) in [5.41, 5.74) is 10.9. The summed E-state index contributed by atoms with van der Waals surface area (Å²) in [6.45, 7) is 7.31. The summed E-state index contributed by atoms with van der Waals surface area (Å²) in [5.74, 6) is 0. The van der Waals surface area contributed by atoms with E-state index in [2.05, 4.69) is 54.6 Å². The molecule has 0 saturated carbocycles. The lowest BCUT2D eigenvalue weighted by atomic mass is 10.1. The van der Waals surface area contributed by atoms with Crippen molar-refractivity contribution in [2.75, 3.05) is 0 Å². The molecule has 0 spiro atoms.